The van der Waals surface area contributed by atoms with Crippen LogP contribution < -0.4 is 5.32 Å². The van der Waals surface area contributed by atoms with E-state index >= 15 is 0 Å². The molecule has 1 unspecified atom stereocenters. The Morgan fingerprint density at radius 1 is 0.677 bits per heavy atom. The van der Waals surface area contributed by atoms with Crippen molar-refractivity contribution in [1.29, 1.82) is 0 Å². The standard InChI is InChI=1S/C21H48N2O6Si2/c1-7-24-30(25-8-2,26-9-3)19-13-15-21-22-16-18-23(21)17-14-20-31(27-10-4,28-11-5)29-12-6/h21-22H,7-20H2,1-6H3. The van der Waals surface area contributed by atoms with Crippen LogP contribution in [0.2, 0.25) is 12.1 Å². The van der Waals surface area contributed by atoms with Crippen LogP contribution in [0.15, 0.2) is 0 Å². The molecule has 0 aromatic heterocycles. The van der Waals surface area contributed by atoms with Gasteiger partial charge in [-0.2, -0.15) is 0 Å². The number of nitrogens with zero attached hydrogens (tertiary/aromatic N) is 1. The Morgan fingerprint density at radius 3 is 1.52 bits per heavy atom. The van der Waals surface area contributed by atoms with Crippen molar-refractivity contribution in [3.63, 3.8) is 0 Å². The molecule has 0 bridgehead atoms. The smallest absolute Gasteiger partial charge is 0.374 e. The van der Waals surface area contributed by atoms with Crippen molar-refractivity contribution in [3.05, 3.63) is 0 Å². The molecule has 0 saturated carbocycles. The topological polar surface area (TPSA) is 70.7 Å². The van der Waals surface area contributed by atoms with Gasteiger partial charge in [0.25, 0.3) is 0 Å². The van der Waals surface area contributed by atoms with E-state index in [1.54, 1.807) is 0 Å². The molecule has 0 radical (unpaired) electrons. The number of nitrogens with one attached hydrogen (secondary N) is 1. The lowest BCUT2D eigenvalue weighted by Crippen LogP contribution is -2.47. The van der Waals surface area contributed by atoms with Crippen molar-refractivity contribution in [1.82, 2.24) is 10.2 Å². The van der Waals surface area contributed by atoms with Crippen LogP contribution in [0.4, 0.5) is 0 Å². The van der Waals surface area contributed by atoms with Crippen LogP contribution in [0, 0.1) is 0 Å². The van der Waals surface area contributed by atoms with Crippen molar-refractivity contribution in [3.8, 4) is 0 Å². The number of rotatable bonds is 20. The van der Waals surface area contributed by atoms with Crippen LogP contribution in [0.1, 0.15) is 60.8 Å². The lowest BCUT2D eigenvalue weighted by Gasteiger charge is -2.31. The summed E-state index contributed by atoms with van der Waals surface area (Å²) in [6, 6.07) is 1.73. The third kappa shape index (κ3) is 10.3. The fraction of sp³-hybridized carbons (Fsp3) is 1.00. The maximum absolute atomic E-state index is 6.00. The van der Waals surface area contributed by atoms with E-state index in [9.17, 15) is 0 Å². The van der Waals surface area contributed by atoms with Gasteiger partial charge in [0.05, 0.1) is 6.17 Å². The summed E-state index contributed by atoms with van der Waals surface area (Å²) in [5.74, 6) is 0. The first kappa shape index (κ1) is 29.1. The lowest BCUT2D eigenvalue weighted by atomic mass is 10.2. The Bertz CT molecular complexity index is 378. The van der Waals surface area contributed by atoms with E-state index in [0.29, 0.717) is 45.8 Å². The Kier molecular flexibility index (Phi) is 15.7. The van der Waals surface area contributed by atoms with Crippen LogP contribution in [0.5, 0.6) is 0 Å². The highest BCUT2D eigenvalue weighted by Gasteiger charge is 2.41. The predicted molar refractivity (Wildman–Crippen MR) is 128 cm³/mol. The molecule has 1 N–H and O–H groups in total. The van der Waals surface area contributed by atoms with Crippen LogP contribution in [-0.4, -0.2) is 88.0 Å². The zero-order valence-electron chi connectivity index (χ0n) is 20.9. The molecule has 186 valence electrons. The molecule has 0 aromatic carbocycles. The van der Waals surface area contributed by atoms with Gasteiger partial charge in [-0.15, -0.1) is 0 Å². The molecule has 1 atom stereocenters. The predicted octanol–water partition coefficient (Wildman–Crippen LogP) is 3.48. The second kappa shape index (κ2) is 16.7. The van der Waals surface area contributed by atoms with Crippen LogP contribution in [0.3, 0.4) is 0 Å². The summed E-state index contributed by atoms with van der Waals surface area (Å²) < 4.78 is 36.0. The summed E-state index contributed by atoms with van der Waals surface area (Å²) in [5.41, 5.74) is 0. The SMILES string of the molecule is CCO[Si](CCCC1NCCN1CCC[Si](OCC)(OCC)OCC)(OCC)OCC. The molecule has 10 heteroatoms. The van der Waals surface area contributed by atoms with E-state index in [2.05, 4.69) is 10.2 Å². The number of hydrogen-bond acceptors (Lipinski definition) is 8. The monoisotopic (exact) mass is 480 g/mol. The molecule has 31 heavy (non-hydrogen) atoms. The molecule has 0 aromatic rings. The van der Waals surface area contributed by atoms with E-state index in [1.807, 2.05) is 41.5 Å². The summed E-state index contributed by atoms with van der Waals surface area (Å²) in [4.78, 5) is 2.54. The molecular weight excluding hydrogens is 432 g/mol. The first-order valence-electron chi connectivity index (χ1n) is 12.3. The molecule has 0 spiro atoms. The third-order valence-electron chi connectivity index (χ3n) is 5.29. The van der Waals surface area contributed by atoms with E-state index in [1.165, 1.54) is 0 Å². The third-order valence-corrected chi connectivity index (χ3v) is 11.6. The van der Waals surface area contributed by atoms with Crippen molar-refractivity contribution >= 4 is 17.6 Å². The van der Waals surface area contributed by atoms with Gasteiger partial charge >= 0.3 is 17.6 Å². The minimum absolute atomic E-state index is 0.388. The van der Waals surface area contributed by atoms with Gasteiger partial charge in [0.2, 0.25) is 0 Å². The van der Waals surface area contributed by atoms with E-state index < -0.39 is 17.6 Å². The van der Waals surface area contributed by atoms with Crippen LogP contribution in [-0.2, 0) is 26.6 Å². The Balaban J connectivity index is 2.54. The highest BCUT2D eigenvalue weighted by molar-refractivity contribution is 6.61. The quantitative estimate of drug-likeness (QED) is 0.266. The van der Waals surface area contributed by atoms with E-state index in [0.717, 1.165) is 51.0 Å². The first-order valence-corrected chi connectivity index (χ1v) is 16.2. The summed E-state index contributed by atoms with van der Waals surface area (Å²) in [5, 5.41) is 3.65. The van der Waals surface area contributed by atoms with E-state index in [-0.39, 0.29) is 0 Å². The summed E-state index contributed by atoms with van der Waals surface area (Å²) >= 11 is 0. The van der Waals surface area contributed by atoms with Gasteiger partial charge in [0.15, 0.2) is 0 Å². The Hall–Kier alpha value is 0.114. The minimum Gasteiger partial charge on any atom is -0.374 e. The summed E-state index contributed by atoms with van der Waals surface area (Å²) in [6.07, 6.45) is 3.49. The van der Waals surface area contributed by atoms with E-state index in [4.69, 9.17) is 26.6 Å². The zero-order valence-corrected chi connectivity index (χ0v) is 22.9. The largest absolute Gasteiger partial charge is 0.500 e. The average Bonchev–Trinajstić information content (AvgIpc) is 3.16. The van der Waals surface area contributed by atoms with Gasteiger partial charge in [-0.25, -0.2) is 0 Å². The van der Waals surface area contributed by atoms with Crippen molar-refractivity contribution < 1.29 is 26.6 Å². The highest BCUT2D eigenvalue weighted by Crippen LogP contribution is 2.23. The second-order valence-corrected chi connectivity index (χ2v) is 12.9. The summed E-state index contributed by atoms with van der Waals surface area (Å²) in [7, 11) is -5.12. The molecule has 0 aliphatic carbocycles. The molecule has 1 rings (SSSR count). The van der Waals surface area contributed by atoms with Gasteiger partial charge in [0.1, 0.15) is 0 Å². The molecular formula is C21H48N2O6Si2. The fourth-order valence-corrected chi connectivity index (χ4v) is 9.46. The van der Waals surface area contributed by atoms with Crippen molar-refractivity contribution in [2.45, 2.75) is 79.1 Å². The van der Waals surface area contributed by atoms with Gasteiger partial charge in [-0.3, -0.25) is 4.90 Å². The van der Waals surface area contributed by atoms with Gasteiger partial charge in [0, 0.05) is 64.8 Å². The number of hydrogen-bond donors (Lipinski definition) is 1. The molecule has 1 aliphatic rings. The molecule has 1 aliphatic heterocycles. The molecule has 1 fully saturated rings. The molecule has 1 saturated heterocycles. The zero-order chi connectivity index (χ0) is 23.0. The van der Waals surface area contributed by atoms with Gasteiger partial charge < -0.3 is 31.9 Å². The normalized spacial score (nSPS) is 18.2. The Labute approximate surface area is 193 Å². The second-order valence-electron chi connectivity index (χ2n) is 7.47. The first-order chi connectivity index (χ1) is 15.0. The highest BCUT2D eigenvalue weighted by atomic mass is 28.4. The lowest BCUT2D eigenvalue weighted by molar-refractivity contribution is 0.0679. The maximum Gasteiger partial charge on any atom is 0.500 e. The minimum atomic E-state index is -2.56. The molecule has 1 heterocycles. The molecule has 0 amide bonds. The van der Waals surface area contributed by atoms with Gasteiger partial charge in [-0.1, -0.05) is 0 Å². The van der Waals surface area contributed by atoms with Crippen LogP contribution in [0.25, 0.3) is 0 Å². The average molecular weight is 481 g/mol. The summed E-state index contributed by atoms with van der Waals surface area (Å²) in [6.45, 7) is 19.0. The van der Waals surface area contributed by atoms with Crippen molar-refractivity contribution in [2.24, 2.45) is 0 Å². The molecule has 8 nitrogen and oxygen atoms in total. The maximum atomic E-state index is 6.00. The van der Waals surface area contributed by atoms with Crippen molar-refractivity contribution in [2.75, 3.05) is 59.3 Å². The Morgan fingerprint density at radius 2 is 1.10 bits per heavy atom. The fourth-order valence-electron chi connectivity index (χ4n) is 4.23. The van der Waals surface area contributed by atoms with Crippen LogP contribution >= 0.6 is 0 Å². The van der Waals surface area contributed by atoms with Gasteiger partial charge in [-0.05, 0) is 67.3 Å².